The number of esters is 1. The smallest absolute Gasteiger partial charge is 0.330 e. The van der Waals surface area contributed by atoms with E-state index in [9.17, 15) is 17.8 Å². The third kappa shape index (κ3) is 8.29. The summed E-state index contributed by atoms with van der Waals surface area (Å²) < 4.78 is 37.6. The minimum atomic E-state index is -4.17. The Bertz CT molecular complexity index is 430. The van der Waals surface area contributed by atoms with E-state index in [1.807, 2.05) is 21.0 Å². The molecule has 20 heavy (non-hydrogen) atoms. The van der Waals surface area contributed by atoms with Gasteiger partial charge in [-0.05, 0) is 13.8 Å². The van der Waals surface area contributed by atoms with E-state index < -0.39 is 16.1 Å². The standard InChI is InChI=1S/C13H25NO5S/c1-6-13(15)19-12(3)7-9-14(4,5)11(2)8-10-20(16,17)18/h6,11-12H,1,7-10H2,2-5H3. The van der Waals surface area contributed by atoms with Gasteiger partial charge < -0.3 is 13.8 Å². The molecule has 2 unspecified atom stereocenters. The van der Waals surface area contributed by atoms with Crippen molar-refractivity contribution in [1.29, 1.82) is 0 Å². The number of hydrogen-bond acceptors (Lipinski definition) is 5. The van der Waals surface area contributed by atoms with Crippen LogP contribution in [0.15, 0.2) is 12.7 Å². The number of carbonyl (C=O) groups is 1. The van der Waals surface area contributed by atoms with Crippen LogP contribution in [0.5, 0.6) is 0 Å². The largest absolute Gasteiger partial charge is 0.748 e. The number of carbonyl (C=O) groups excluding carboxylic acids is 1. The molecule has 2 atom stereocenters. The topological polar surface area (TPSA) is 83.5 Å². The normalized spacial score (nSPS) is 15.4. The molecule has 0 aliphatic rings. The van der Waals surface area contributed by atoms with Crippen molar-refractivity contribution < 1.29 is 27.0 Å². The summed E-state index contributed by atoms with van der Waals surface area (Å²) in [4.78, 5) is 11.0. The highest BCUT2D eigenvalue weighted by Gasteiger charge is 2.25. The predicted octanol–water partition coefficient (Wildman–Crippen LogP) is 0.894. The van der Waals surface area contributed by atoms with Crippen LogP contribution in [0.4, 0.5) is 0 Å². The maximum atomic E-state index is 11.0. The molecule has 0 aromatic carbocycles. The van der Waals surface area contributed by atoms with Crippen molar-refractivity contribution in [2.45, 2.75) is 38.8 Å². The van der Waals surface area contributed by atoms with Crippen molar-refractivity contribution in [3.8, 4) is 0 Å². The number of quaternary nitrogens is 1. The van der Waals surface area contributed by atoms with Gasteiger partial charge in [0.25, 0.3) is 0 Å². The SMILES string of the molecule is C=CC(=O)OC(C)CC[N+](C)(C)C(C)CCS(=O)(=O)[O-]. The Labute approximate surface area is 121 Å². The highest BCUT2D eigenvalue weighted by atomic mass is 32.2. The lowest BCUT2D eigenvalue weighted by Gasteiger charge is -2.37. The lowest BCUT2D eigenvalue weighted by Crippen LogP contribution is -2.49. The molecular formula is C13H25NO5S. The number of rotatable bonds is 9. The van der Waals surface area contributed by atoms with Gasteiger partial charge in [0.15, 0.2) is 0 Å². The van der Waals surface area contributed by atoms with Crippen molar-refractivity contribution in [1.82, 2.24) is 0 Å². The number of ether oxygens (including phenoxy) is 1. The summed E-state index contributed by atoms with van der Waals surface area (Å²) in [6.07, 6.45) is 1.87. The second-order valence-corrected chi connectivity index (χ2v) is 7.17. The third-order valence-corrected chi connectivity index (χ3v) is 4.31. The van der Waals surface area contributed by atoms with E-state index in [-0.39, 0.29) is 17.9 Å². The van der Waals surface area contributed by atoms with Gasteiger partial charge in [-0.1, -0.05) is 6.58 Å². The zero-order valence-electron chi connectivity index (χ0n) is 12.7. The summed E-state index contributed by atoms with van der Waals surface area (Å²) >= 11 is 0. The second-order valence-electron chi connectivity index (χ2n) is 5.64. The molecule has 0 saturated carbocycles. The molecule has 0 aliphatic carbocycles. The van der Waals surface area contributed by atoms with Gasteiger partial charge in [-0.25, -0.2) is 13.2 Å². The van der Waals surface area contributed by atoms with Crippen molar-refractivity contribution >= 4 is 16.1 Å². The third-order valence-electron chi connectivity index (χ3n) is 3.57. The lowest BCUT2D eigenvalue weighted by atomic mass is 10.1. The summed E-state index contributed by atoms with van der Waals surface area (Å²) in [5, 5.41) is 0. The van der Waals surface area contributed by atoms with Crippen LogP contribution in [-0.2, 0) is 19.6 Å². The quantitative estimate of drug-likeness (QED) is 0.273. The molecule has 0 heterocycles. The molecule has 0 radical (unpaired) electrons. The molecular weight excluding hydrogens is 282 g/mol. The molecule has 0 amide bonds. The van der Waals surface area contributed by atoms with Crippen LogP contribution in [0.2, 0.25) is 0 Å². The van der Waals surface area contributed by atoms with E-state index in [4.69, 9.17) is 4.74 Å². The van der Waals surface area contributed by atoms with Gasteiger partial charge in [-0.15, -0.1) is 0 Å². The van der Waals surface area contributed by atoms with Gasteiger partial charge in [0.2, 0.25) is 0 Å². The van der Waals surface area contributed by atoms with Crippen LogP contribution in [0, 0.1) is 0 Å². The second kappa shape index (κ2) is 7.75. The first-order valence-corrected chi connectivity index (χ1v) is 8.15. The number of nitrogens with zero attached hydrogens (tertiary/aromatic N) is 1. The van der Waals surface area contributed by atoms with E-state index in [1.165, 1.54) is 0 Å². The molecule has 0 saturated heterocycles. The van der Waals surface area contributed by atoms with Gasteiger partial charge >= 0.3 is 5.97 Å². The molecule has 7 heteroatoms. The Morgan fingerprint density at radius 3 is 2.35 bits per heavy atom. The summed E-state index contributed by atoms with van der Waals surface area (Å²) in [7, 11) is -0.246. The van der Waals surface area contributed by atoms with Crippen molar-refractivity contribution in [3.05, 3.63) is 12.7 Å². The Balaban J connectivity index is 4.29. The first-order valence-electron chi connectivity index (χ1n) is 6.57. The van der Waals surface area contributed by atoms with E-state index in [1.54, 1.807) is 6.92 Å². The fourth-order valence-corrected chi connectivity index (χ4v) is 2.33. The Morgan fingerprint density at radius 1 is 1.35 bits per heavy atom. The highest BCUT2D eigenvalue weighted by Crippen LogP contribution is 2.14. The van der Waals surface area contributed by atoms with Gasteiger partial charge in [0, 0.05) is 24.7 Å². The van der Waals surface area contributed by atoms with E-state index in [2.05, 4.69) is 6.58 Å². The first-order chi connectivity index (χ1) is 8.98. The van der Waals surface area contributed by atoms with Crippen LogP contribution < -0.4 is 0 Å². The van der Waals surface area contributed by atoms with Crippen molar-refractivity contribution in [2.75, 3.05) is 26.4 Å². The Hall–Kier alpha value is -0.920. The summed E-state index contributed by atoms with van der Waals surface area (Å²) in [6.45, 7) is 7.76. The Morgan fingerprint density at radius 2 is 1.90 bits per heavy atom. The zero-order chi connectivity index (χ0) is 16.0. The minimum Gasteiger partial charge on any atom is -0.748 e. The van der Waals surface area contributed by atoms with Gasteiger partial charge in [-0.3, -0.25) is 0 Å². The Kier molecular flexibility index (Phi) is 7.40. The van der Waals surface area contributed by atoms with Gasteiger partial charge in [0.05, 0.1) is 36.8 Å². The summed E-state index contributed by atoms with van der Waals surface area (Å²) in [6, 6.07) is 0.0287. The number of hydrogen-bond donors (Lipinski definition) is 0. The molecule has 0 aromatic heterocycles. The van der Waals surface area contributed by atoms with E-state index in [0.29, 0.717) is 23.9 Å². The monoisotopic (exact) mass is 307 g/mol. The first kappa shape index (κ1) is 19.1. The molecule has 0 bridgehead atoms. The van der Waals surface area contributed by atoms with Crippen molar-refractivity contribution in [3.63, 3.8) is 0 Å². The average molecular weight is 307 g/mol. The van der Waals surface area contributed by atoms with Crippen LogP contribution in [0.3, 0.4) is 0 Å². The van der Waals surface area contributed by atoms with E-state index in [0.717, 1.165) is 6.08 Å². The fraction of sp³-hybridized carbons (Fsp3) is 0.769. The summed E-state index contributed by atoms with van der Waals surface area (Å²) in [5.41, 5.74) is 0. The molecule has 0 aromatic rings. The maximum Gasteiger partial charge on any atom is 0.330 e. The van der Waals surface area contributed by atoms with Crippen molar-refractivity contribution in [2.24, 2.45) is 0 Å². The molecule has 0 rings (SSSR count). The van der Waals surface area contributed by atoms with Crippen LogP contribution in [0.25, 0.3) is 0 Å². The zero-order valence-corrected chi connectivity index (χ0v) is 13.5. The lowest BCUT2D eigenvalue weighted by molar-refractivity contribution is -0.913. The van der Waals surface area contributed by atoms with Crippen LogP contribution in [0.1, 0.15) is 26.7 Å². The van der Waals surface area contributed by atoms with Gasteiger partial charge in [-0.2, -0.15) is 0 Å². The highest BCUT2D eigenvalue weighted by molar-refractivity contribution is 7.85. The molecule has 0 fully saturated rings. The average Bonchev–Trinajstić information content (AvgIpc) is 2.32. The predicted molar refractivity (Wildman–Crippen MR) is 76.0 cm³/mol. The van der Waals surface area contributed by atoms with Crippen LogP contribution >= 0.6 is 0 Å². The molecule has 6 nitrogen and oxygen atoms in total. The molecule has 0 aliphatic heterocycles. The summed E-state index contributed by atoms with van der Waals surface area (Å²) in [5.74, 6) is -0.801. The maximum absolute atomic E-state index is 11.0. The van der Waals surface area contributed by atoms with Crippen LogP contribution in [-0.4, -0.2) is 62.0 Å². The van der Waals surface area contributed by atoms with E-state index >= 15 is 0 Å². The molecule has 0 N–H and O–H groups in total. The minimum absolute atomic E-state index is 0.0287. The fourth-order valence-electron chi connectivity index (χ4n) is 1.70. The molecule has 118 valence electrons. The molecule has 0 spiro atoms. The van der Waals surface area contributed by atoms with Gasteiger partial charge in [0.1, 0.15) is 6.10 Å².